The number of nitrogens with one attached hydrogen (secondary N) is 1. The molecular weight excluding hydrogens is 502 g/mol. The first-order valence-corrected chi connectivity index (χ1v) is 14.5. The Morgan fingerprint density at radius 2 is 1.95 bits per heavy atom. The number of hydrogen-bond donors (Lipinski definition) is 1. The van der Waals surface area contributed by atoms with Crippen LogP contribution in [0.25, 0.3) is 11.0 Å². The van der Waals surface area contributed by atoms with Gasteiger partial charge in [0.25, 0.3) is 0 Å². The normalized spacial score (nSPS) is 21.8. The number of nitrogens with zero attached hydrogens (tertiary/aromatic N) is 3. The summed E-state index contributed by atoms with van der Waals surface area (Å²) in [5.41, 5.74) is 1.06. The number of halogens is 2. The molecule has 1 N–H and O–H groups in total. The average Bonchev–Trinajstić information content (AvgIpc) is 3.19. The molecule has 1 saturated carbocycles. The van der Waals surface area contributed by atoms with E-state index in [1.165, 1.54) is 4.31 Å². The van der Waals surface area contributed by atoms with Gasteiger partial charge in [-0.15, -0.1) is 0 Å². The highest BCUT2D eigenvalue weighted by atomic mass is 32.2. The van der Waals surface area contributed by atoms with Gasteiger partial charge in [0, 0.05) is 44.4 Å². The fourth-order valence-corrected chi connectivity index (χ4v) is 6.70. The number of alkyl halides is 2. The second-order valence-corrected chi connectivity index (χ2v) is 13.2. The van der Waals surface area contributed by atoms with Crippen LogP contribution in [0.5, 0.6) is 0 Å². The first-order chi connectivity index (χ1) is 17.3. The van der Waals surface area contributed by atoms with E-state index in [0.29, 0.717) is 31.4 Å². The SMILES string of the molecule is CCNC(=O)C[C@H]1CN(S(=O)(=O)c2ccc3c(c2)nc(C(C)(C)C)n3CC2CCC(F)(F)CC2)CCO1. The maximum Gasteiger partial charge on any atom is 0.248 e. The molecule has 0 spiro atoms. The second-order valence-electron chi connectivity index (χ2n) is 11.3. The van der Waals surface area contributed by atoms with Gasteiger partial charge in [0.1, 0.15) is 5.82 Å². The van der Waals surface area contributed by atoms with Gasteiger partial charge in [-0.1, -0.05) is 20.8 Å². The van der Waals surface area contributed by atoms with E-state index in [0.717, 1.165) is 11.3 Å². The third-order valence-corrected chi connectivity index (χ3v) is 9.06. The largest absolute Gasteiger partial charge is 0.375 e. The Labute approximate surface area is 217 Å². The van der Waals surface area contributed by atoms with E-state index in [4.69, 9.17) is 9.72 Å². The van der Waals surface area contributed by atoms with Gasteiger partial charge in [-0.25, -0.2) is 22.2 Å². The van der Waals surface area contributed by atoms with Gasteiger partial charge in [-0.05, 0) is 43.9 Å². The van der Waals surface area contributed by atoms with Gasteiger partial charge in [-0.2, -0.15) is 4.31 Å². The van der Waals surface area contributed by atoms with Crippen LogP contribution >= 0.6 is 0 Å². The van der Waals surface area contributed by atoms with Gasteiger partial charge in [0.05, 0.1) is 35.1 Å². The molecule has 2 aromatic rings. The van der Waals surface area contributed by atoms with E-state index in [9.17, 15) is 22.0 Å². The summed E-state index contributed by atoms with van der Waals surface area (Å²) in [4.78, 5) is 16.9. The van der Waals surface area contributed by atoms with E-state index in [1.54, 1.807) is 18.2 Å². The maximum absolute atomic E-state index is 13.7. The lowest BCUT2D eigenvalue weighted by molar-refractivity contribution is -0.125. The molecule has 0 bridgehead atoms. The van der Waals surface area contributed by atoms with Gasteiger partial charge in [-0.3, -0.25) is 4.79 Å². The summed E-state index contributed by atoms with van der Waals surface area (Å²) in [6.45, 7) is 9.56. The minimum Gasteiger partial charge on any atom is -0.375 e. The van der Waals surface area contributed by atoms with Crippen molar-refractivity contribution in [2.45, 2.75) is 88.7 Å². The first-order valence-electron chi connectivity index (χ1n) is 13.1. The molecule has 8 nitrogen and oxygen atoms in total. The smallest absolute Gasteiger partial charge is 0.248 e. The van der Waals surface area contributed by atoms with Crippen LogP contribution in [0.15, 0.2) is 23.1 Å². The summed E-state index contributed by atoms with van der Waals surface area (Å²) < 4.78 is 63.5. The maximum atomic E-state index is 13.7. The summed E-state index contributed by atoms with van der Waals surface area (Å²) in [5.74, 6) is -1.82. The number of carbonyl (C=O) groups excluding carboxylic acids is 1. The molecule has 1 saturated heterocycles. The van der Waals surface area contributed by atoms with Crippen LogP contribution in [0.4, 0.5) is 8.78 Å². The van der Waals surface area contributed by atoms with Gasteiger partial charge in [0.2, 0.25) is 21.9 Å². The third-order valence-electron chi connectivity index (χ3n) is 7.19. The number of ether oxygens (including phenoxy) is 1. The van der Waals surface area contributed by atoms with E-state index >= 15 is 0 Å². The molecule has 1 aromatic carbocycles. The monoisotopic (exact) mass is 540 g/mol. The minimum absolute atomic E-state index is 0.0990. The second kappa shape index (κ2) is 10.6. The lowest BCUT2D eigenvalue weighted by atomic mass is 9.86. The fraction of sp³-hybridized carbons (Fsp3) is 0.692. The van der Waals surface area contributed by atoms with Crippen molar-refractivity contribution in [2.75, 3.05) is 26.2 Å². The zero-order valence-electron chi connectivity index (χ0n) is 22.1. The lowest BCUT2D eigenvalue weighted by Crippen LogP contribution is -2.47. The van der Waals surface area contributed by atoms with Crippen molar-refractivity contribution in [3.63, 3.8) is 0 Å². The van der Waals surface area contributed by atoms with Crippen molar-refractivity contribution in [2.24, 2.45) is 5.92 Å². The number of amides is 1. The molecule has 11 heteroatoms. The van der Waals surface area contributed by atoms with Gasteiger partial charge >= 0.3 is 0 Å². The van der Waals surface area contributed by atoms with E-state index in [2.05, 4.69) is 9.88 Å². The van der Waals surface area contributed by atoms with Gasteiger partial charge in [0.15, 0.2) is 0 Å². The fourth-order valence-electron chi connectivity index (χ4n) is 5.23. The molecule has 1 amide bonds. The highest BCUT2D eigenvalue weighted by Crippen LogP contribution is 2.38. The zero-order valence-corrected chi connectivity index (χ0v) is 22.9. The number of benzene rings is 1. The minimum atomic E-state index is -3.82. The molecule has 37 heavy (non-hydrogen) atoms. The number of morpholine rings is 1. The summed E-state index contributed by atoms with van der Waals surface area (Å²) in [7, 11) is -3.82. The molecule has 2 heterocycles. The quantitative estimate of drug-likeness (QED) is 0.571. The highest BCUT2D eigenvalue weighted by Gasteiger charge is 2.36. The molecule has 1 aliphatic heterocycles. The standard InChI is InChI=1S/C26H38F2N4O4S/c1-5-29-23(33)14-19-17-31(12-13-36-19)37(34,35)20-6-7-22-21(15-20)30-24(25(2,3)4)32(22)16-18-8-10-26(27,28)11-9-18/h6-7,15,18-19H,5,8-14,16-17H2,1-4H3,(H,29,33)/t19-/m0/s1. The zero-order chi connectivity index (χ0) is 27.0. The number of fused-ring (bicyclic) bond motifs is 1. The molecule has 206 valence electrons. The summed E-state index contributed by atoms with van der Waals surface area (Å²) in [6, 6.07) is 4.96. The third kappa shape index (κ3) is 6.31. The molecule has 0 radical (unpaired) electrons. The number of sulfonamides is 1. The van der Waals surface area contributed by atoms with E-state index in [1.807, 2.05) is 27.7 Å². The molecular formula is C26H38F2N4O4S. The topological polar surface area (TPSA) is 93.5 Å². The number of carbonyl (C=O) groups is 1. The molecule has 1 aromatic heterocycles. The average molecular weight is 541 g/mol. The first kappa shape index (κ1) is 27.9. The Morgan fingerprint density at radius 3 is 2.59 bits per heavy atom. The molecule has 1 atom stereocenters. The van der Waals surface area contributed by atoms with Crippen molar-refractivity contribution >= 4 is 27.0 Å². The van der Waals surface area contributed by atoms with Crippen molar-refractivity contribution in [3.05, 3.63) is 24.0 Å². The van der Waals surface area contributed by atoms with Crippen molar-refractivity contribution < 1.29 is 26.7 Å². The molecule has 1 aliphatic carbocycles. The van der Waals surface area contributed by atoms with Crippen LogP contribution < -0.4 is 5.32 Å². The van der Waals surface area contributed by atoms with Crippen molar-refractivity contribution in [3.8, 4) is 0 Å². The van der Waals surface area contributed by atoms with Crippen LogP contribution in [0.3, 0.4) is 0 Å². The van der Waals surface area contributed by atoms with Crippen LogP contribution in [0.2, 0.25) is 0 Å². The predicted molar refractivity (Wildman–Crippen MR) is 137 cm³/mol. The van der Waals surface area contributed by atoms with Crippen LogP contribution in [0.1, 0.15) is 65.6 Å². The number of hydrogen-bond acceptors (Lipinski definition) is 5. The van der Waals surface area contributed by atoms with Crippen LogP contribution in [-0.4, -0.2) is 66.4 Å². The van der Waals surface area contributed by atoms with Crippen molar-refractivity contribution in [1.29, 1.82) is 0 Å². The molecule has 2 aliphatic rings. The summed E-state index contributed by atoms with van der Waals surface area (Å²) in [5, 5.41) is 2.72. The molecule has 4 rings (SSSR count). The molecule has 0 unspecified atom stereocenters. The molecule has 2 fully saturated rings. The van der Waals surface area contributed by atoms with Crippen LogP contribution in [0, 0.1) is 5.92 Å². The predicted octanol–water partition coefficient (Wildman–Crippen LogP) is 4.08. The Morgan fingerprint density at radius 1 is 1.24 bits per heavy atom. The van der Waals surface area contributed by atoms with Crippen LogP contribution in [-0.2, 0) is 31.5 Å². The van der Waals surface area contributed by atoms with Crippen molar-refractivity contribution in [1.82, 2.24) is 19.2 Å². The Balaban J connectivity index is 1.60. The highest BCUT2D eigenvalue weighted by molar-refractivity contribution is 7.89. The summed E-state index contributed by atoms with van der Waals surface area (Å²) in [6.07, 6.45) is 0.309. The lowest BCUT2D eigenvalue weighted by Gasteiger charge is -2.32. The number of rotatable bonds is 7. The Kier molecular flexibility index (Phi) is 7.97. The van der Waals surface area contributed by atoms with Gasteiger partial charge < -0.3 is 14.6 Å². The Hall–Kier alpha value is -2.11. The van der Waals surface area contributed by atoms with E-state index in [-0.39, 0.29) is 61.1 Å². The number of imidazole rings is 1. The number of aromatic nitrogens is 2. The Bertz CT molecular complexity index is 1230. The van der Waals surface area contributed by atoms with E-state index < -0.39 is 22.0 Å². The summed E-state index contributed by atoms with van der Waals surface area (Å²) >= 11 is 0.